The molecule has 1 aromatic heterocycles. The first kappa shape index (κ1) is 14.9. The lowest BCUT2D eigenvalue weighted by atomic mass is 10.2. The summed E-state index contributed by atoms with van der Waals surface area (Å²) in [4.78, 5) is 20.0. The summed E-state index contributed by atoms with van der Waals surface area (Å²) >= 11 is 0. The van der Waals surface area contributed by atoms with E-state index < -0.39 is 0 Å². The van der Waals surface area contributed by atoms with Gasteiger partial charge in [0, 0.05) is 24.1 Å². The Labute approximate surface area is 122 Å². The maximum absolute atomic E-state index is 12.8. The van der Waals surface area contributed by atoms with Crippen LogP contribution in [0.5, 0.6) is 0 Å². The number of halogens is 1. The minimum Gasteiger partial charge on any atom is -0.350 e. The molecule has 2 aromatic rings. The molecule has 5 nitrogen and oxygen atoms in total. The molecule has 0 aliphatic rings. The van der Waals surface area contributed by atoms with Gasteiger partial charge in [0.25, 0.3) is 5.91 Å². The Bertz CT molecular complexity index is 598. The molecule has 0 bridgehead atoms. The number of nitrogens with zero attached hydrogens (tertiary/aromatic N) is 2. The van der Waals surface area contributed by atoms with E-state index in [4.69, 9.17) is 0 Å². The zero-order chi connectivity index (χ0) is 15.2. The van der Waals surface area contributed by atoms with Gasteiger partial charge in [-0.2, -0.15) is 0 Å². The molecule has 1 unspecified atom stereocenters. The molecule has 1 amide bonds. The second-order valence-corrected chi connectivity index (χ2v) is 4.71. The van der Waals surface area contributed by atoms with Crippen LogP contribution in [0.2, 0.25) is 0 Å². The number of nitrogens with one attached hydrogen (secondary N) is 2. The van der Waals surface area contributed by atoms with Gasteiger partial charge in [0.05, 0.1) is 5.56 Å². The van der Waals surface area contributed by atoms with E-state index in [1.807, 2.05) is 13.8 Å². The largest absolute Gasteiger partial charge is 0.350 e. The quantitative estimate of drug-likeness (QED) is 0.887. The van der Waals surface area contributed by atoms with Gasteiger partial charge in [-0.05, 0) is 37.6 Å². The van der Waals surface area contributed by atoms with Crippen molar-refractivity contribution in [3.05, 3.63) is 48.0 Å². The highest BCUT2D eigenvalue weighted by atomic mass is 19.1. The van der Waals surface area contributed by atoms with Crippen LogP contribution >= 0.6 is 0 Å². The van der Waals surface area contributed by atoms with Crippen molar-refractivity contribution in [2.24, 2.45) is 0 Å². The number of hydrogen-bond donors (Lipinski definition) is 2. The Balaban J connectivity index is 2.01. The highest BCUT2D eigenvalue weighted by molar-refractivity contribution is 5.93. The highest BCUT2D eigenvalue weighted by Gasteiger charge is 2.09. The van der Waals surface area contributed by atoms with Gasteiger partial charge < -0.3 is 10.6 Å². The smallest absolute Gasteiger partial charge is 0.254 e. The minimum atomic E-state index is -0.307. The molecule has 2 N–H and O–H groups in total. The van der Waals surface area contributed by atoms with E-state index in [0.29, 0.717) is 17.2 Å². The van der Waals surface area contributed by atoms with Crippen molar-refractivity contribution < 1.29 is 9.18 Å². The first-order valence-corrected chi connectivity index (χ1v) is 6.74. The van der Waals surface area contributed by atoms with E-state index in [0.717, 1.165) is 6.42 Å². The van der Waals surface area contributed by atoms with E-state index in [-0.39, 0.29) is 17.8 Å². The molecule has 21 heavy (non-hydrogen) atoms. The van der Waals surface area contributed by atoms with E-state index >= 15 is 0 Å². The summed E-state index contributed by atoms with van der Waals surface area (Å²) in [7, 11) is 0. The van der Waals surface area contributed by atoms with Crippen molar-refractivity contribution in [1.29, 1.82) is 0 Å². The average molecular weight is 288 g/mol. The van der Waals surface area contributed by atoms with E-state index in [2.05, 4.69) is 20.6 Å². The first-order chi connectivity index (χ1) is 10.1. The van der Waals surface area contributed by atoms with Crippen LogP contribution in [0.15, 0.2) is 36.7 Å². The van der Waals surface area contributed by atoms with Crippen LogP contribution in [0, 0.1) is 5.82 Å². The van der Waals surface area contributed by atoms with Gasteiger partial charge in [0.15, 0.2) is 0 Å². The number of aromatic nitrogens is 2. The van der Waals surface area contributed by atoms with E-state index in [1.54, 1.807) is 12.1 Å². The third-order valence-electron chi connectivity index (χ3n) is 3.00. The third kappa shape index (κ3) is 4.24. The standard InChI is InChI=1S/C15H17FN4O/c1-3-10(2)19-14(21)11-8-17-15(18-9-11)20-13-6-4-12(16)5-7-13/h4-10H,3H2,1-2H3,(H,19,21)(H,17,18,20). The van der Waals surface area contributed by atoms with Crippen LogP contribution in [0.3, 0.4) is 0 Å². The normalized spacial score (nSPS) is 11.8. The average Bonchev–Trinajstić information content (AvgIpc) is 2.50. The van der Waals surface area contributed by atoms with Crippen LogP contribution in [0.1, 0.15) is 30.6 Å². The maximum atomic E-state index is 12.8. The van der Waals surface area contributed by atoms with Crippen molar-refractivity contribution in [2.75, 3.05) is 5.32 Å². The minimum absolute atomic E-state index is 0.106. The van der Waals surface area contributed by atoms with Crippen LogP contribution in [0.4, 0.5) is 16.0 Å². The summed E-state index contributed by atoms with van der Waals surface area (Å²) < 4.78 is 12.8. The SMILES string of the molecule is CCC(C)NC(=O)c1cnc(Nc2ccc(F)cc2)nc1. The number of rotatable bonds is 5. The predicted octanol–water partition coefficient (Wildman–Crippen LogP) is 2.89. The van der Waals surface area contributed by atoms with Gasteiger partial charge in [0.2, 0.25) is 5.95 Å². The molecule has 0 radical (unpaired) electrons. The van der Waals surface area contributed by atoms with Gasteiger partial charge in [-0.25, -0.2) is 14.4 Å². The van der Waals surface area contributed by atoms with Crippen molar-refractivity contribution >= 4 is 17.5 Å². The molecule has 0 saturated heterocycles. The summed E-state index contributed by atoms with van der Waals surface area (Å²) in [6.45, 7) is 3.93. The fourth-order valence-corrected chi connectivity index (χ4v) is 1.58. The summed E-state index contributed by atoms with van der Waals surface area (Å²) in [5.41, 5.74) is 1.08. The summed E-state index contributed by atoms with van der Waals surface area (Å²) in [5, 5.41) is 5.77. The number of amides is 1. The van der Waals surface area contributed by atoms with Crippen molar-refractivity contribution in [2.45, 2.75) is 26.3 Å². The first-order valence-electron chi connectivity index (χ1n) is 6.74. The van der Waals surface area contributed by atoms with Gasteiger partial charge in [-0.3, -0.25) is 4.79 Å². The third-order valence-corrected chi connectivity index (χ3v) is 3.00. The molecule has 1 heterocycles. The van der Waals surface area contributed by atoms with Gasteiger partial charge in [-0.1, -0.05) is 6.92 Å². The Morgan fingerprint density at radius 3 is 2.43 bits per heavy atom. The van der Waals surface area contributed by atoms with Crippen LogP contribution in [-0.4, -0.2) is 21.9 Å². The molecular formula is C15H17FN4O. The molecule has 6 heteroatoms. The van der Waals surface area contributed by atoms with Crippen LogP contribution in [-0.2, 0) is 0 Å². The number of anilines is 2. The molecule has 0 spiro atoms. The molecular weight excluding hydrogens is 271 g/mol. The lowest BCUT2D eigenvalue weighted by Gasteiger charge is -2.11. The van der Waals surface area contributed by atoms with Gasteiger partial charge in [-0.15, -0.1) is 0 Å². The topological polar surface area (TPSA) is 66.9 Å². The lowest BCUT2D eigenvalue weighted by Crippen LogP contribution is -2.32. The second kappa shape index (κ2) is 6.78. The molecule has 0 aliphatic carbocycles. The zero-order valence-corrected chi connectivity index (χ0v) is 11.9. The summed E-state index contributed by atoms with van der Waals surface area (Å²) in [5.74, 6) is -0.155. The van der Waals surface area contributed by atoms with Gasteiger partial charge >= 0.3 is 0 Å². The molecule has 1 aromatic carbocycles. The van der Waals surface area contributed by atoms with Crippen LogP contribution < -0.4 is 10.6 Å². The Morgan fingerprint density at radius 1 is 1.24 bits per heavy atom. The molecule has 110 valence electrons. The molecule has 2 rings (SSSR count). The number of benzene rings is 1. The Morgan fingerprint density at radius 2 is 1.86 bits per heavy atom. The van der Waals surface area contributed by atoms with Crippen molar-refractivity contribution in [3.8, 4) is 0 Å². The molecule has 0 saturated carbocycles. The lowest BCUT2D eigenvalue weighted by molar-refractivity contribution is 0.0938. The van der Waals surface area contributed by atoms with Crippen molar-refractivity contribution in [3.63, 3.8) is 0 Å². The molecule has 0 fully saturated rings. The van der Waals surface area contributed by atoms with E-state index in [1.165, 1.54) is 24.5 Å². The van der Waals surface area contributed by atoms with Crippen molar-refractivity contribution in [1.82, 2.24) is 15.3 Å². The molecule has 1 atom stereocenters. The Hall–Kier alpha value is -2.50. The predicted molar refractivity (Wildman–Crippen MR) is 78.9 cm³/mol. The fourth-order valence-electron chi connectivity index (χ4n) is 1.58. The Kier molecular flexibility index (Phi) is 4.81. The van der Waals surface area contributed by atoms with E-state index in [9.17, 15) is 9.18 Å². The summed E-state index contributed by atoms with van der Waals surface area (Å²) in [6.07, 6.45) is 3.77. The number of carbonyl (C=O) groups excluding carboxylic acids is 1. The fraction of sp³-hybridized carbons (Fsp3) is 0.267. The summed E-state index contributed by atoms with van der Waals surface area (Å²) in [6, 6.07) is 5.96. The maximum Gasteiger partial charge on any atom is 0.254 e. The highest BCUT2D eigenvalue weighted by Crippen LogP contribution is 2.13. The number of carbonyl (C=O) groups is 1. The van der Waals surface area contributed by atoms with Crippen LogP contribution in [0.25, 0.3) is 0 Å². The van der Waals surface area contributed by atoms with Gasteiger partial charge in [0.1, 0.15) is 5.82 Å². The second-order valence-electron chi connectivity index (χ2n) is 4.71. The monoisotopic (exact) mass is 288 g/mol. The number of hydrogen-bond acceptors (Lipinski definition) is 4. The molecule has 0 aliphatic heterocycles. The zero-order valence-electron chi connectivity index (χ0n) is 11.9.